The second kappa shape index (κ2) is 10.3. The van der Waals surface area contributed by atoms with Gasteiger partial charge in [-0.25, -0.2) is 0 Å². The van der Waals surface area contributed by atoms with Gasteiger partial charge in [0.15, 0.2) is 6.61 Å². The highest BCUT2D eigenvalue weighted by Gasteiger charge is 2.35. The topological polar surface area (TPSA) is 107 Å². The minimum Gasteiger partial charge on any atom is -0.497 e. The zero-order valence-corrected chi connectivity index (χ0v) is 19.6. The Kier molecular flexibility index (Phi) is 6.61. The van der Waals surface area contributed by atoms with Gasteiger partial charge in [-0.05, 0) is 60.7 Å². The standard InChI is InChI=1S/C27H24N4O5/c1-34-22-13-9-21(10-14-22)31-16-19(15-25(31)32)26(33)28-20-7-11-23(12-8-20)35-17-24-29-30-27(36-24)18-5-3-2-4-6-18/h2-14,19H,15-17H2,1H3,(H,28,33)/t19-/m0/s1. The van der Waals surface area contributed by atoms with E-state index < -0.39 is 5.92 Å². The second-order valence-electron chi connectivity index (χ2n) is 8.27. The molecule has 182 valence electrons. The van der Waals surface area contributed by atoms with Gasteiger partial charge in [0.05, 0.1) is 13.0 Å². The maximum absolute atomic E-state index is 12.8. The number of benzene rings is 3. The Labute approximate surface area is 207 Å². The van der Waals surface area contributed by atoms with Crippen molar-refractivity contribution in [2.75, 3.05) is 23.9 Å². The smallest absolute Gasteiger partial charge is 0.254 e. The van der Waals surface area contributed by atoms with E-state index in [1.807, 2.05) is 42.5 Å². The lowest BCUT2D eigenvalue weighted by molar-refractivity contribution is -0.122. The Morgan fingerprint density at radius 3 is 2.44 bits per heavy atom. The molecule has 2 amide bonds. The first-order valence-electron chi connectivity index (χ1n) is 11.4. The van der Waals surface area contributed by atoms with Crippen molar-refractivity contribution in [1.82, 2.24) is 10.2 Å². The van der Waals surface area contributed by atoms with Crippen LogP contribution in [0.4, 0.5) is 11.4 Å². The summed E-state index contributed by atoms with van der Waals surface area (Å²) in [6.45, 7) is 0.449. The van der Waals surface area contributed by atoms with E-state index in [9.17, 15) is 9.59 Å². The number of carbonyl (C=O) groups excluding carboxylic acids is 2. The third-order valence-electron chi connectivity index (χ3n) is 5.85. The van der Waals surface area contributed by atoms with Crippen LogP contribution >= 0.6 is 0 Å². The van der Waals surface area contributed by atoms with Crippen LogP contribution in [0.1, 0.15) is 12.3 Å². The van der Waals surface area contributed by atoms with Gasteiger partial charge in [0, 0.05) is 29.9 Å². The Balaban J connectivity index is 1.13. The molecule has 0 aliphatic carbocycles. The lowest BCUT2D eigenvalue weighted by atomic mass is 10.1. The monoisotopic (exact) mass is 484 g/mol. The van der Waals surface area contributed by atoms with Crippen LogP contribution in [-0.4, -0.2) is 35.7 Å². The van der Waals surface area contributed by atoms with Gasteiger partial charge in [-0.3, -0.25) is 9.59 Å². The number of methoxy groups -OCH3 is 1. The number of nitrogens with zero attached hydrogens (tertiary/aromatic N) is 3. The summed E-state index contributed by atoms with van der Waals surface area (Å²) in [6, 6.07) is 23.7. The predicted octanol–water partition coefficient (Wildman–Crippen LogP) is 4.32. The fraction of sp³-hybridized carbons (Fsp3) is 0.185. The van der Waals surface area contributed by atoms with E-state index in [4.69, 9.17) is 13.9 Å². The number of ether oxygens (including phenoxy) is 2. The van der Waals surface area contributed by atoms with Crippen LogP contribution in [0.3, 0.4) is 0 Å². The minimum atomic E-state index is -0.438. The maximum atomic E-state index is 12.8. The molecule has 1 aliphatic heterocycles. The van der Waals surface area contributed by atoms with Gasteiger partial charge in [-0.2, -0.15) is 0 Å². The average molecular weight is 485 g/mol. The molecule has 0 saturated carbocycles. The molecule has 0 spiro atoms. The number of nitrogens with one attached hydrogen (secondary N) is 1. The molecule has 1 atom stereocenters. The quantitative estimate of drug-likeness (QED) is 0.397. The minimum absolute atomic E-state index is 0.0829. The molecule has 0 unspecified atom stereocenters. The number of amides is 2. The van der Waals surface area contributed by atoms with Crippen molar-refractivity contribution in [3.8, 4) is 23.0 Å². The maximum Gasteiger partial charge on any atom is 0.254 e. The molecule has 1 aliphatic rings. The van der Waals surface area contributed by atoms with Gasteiger partial charge in [-0.15, -0.1) is 10.2 Å². The van der Waals surface area contributed by atoms with Gasteiger partial charge in [0.2, 0.25) is 17.7 Å². The first kappa shape index (κ1) is 23.1. The number of rotatable bonds is 8. The largest absolute Gasteiger partial charge is 0.497 e. The van der Waals surface area contributed by atoms with Gasteiger partial charge in [-0.1, -0.05) is 18.2 Å². The van der Waals surface area contributed by atoms with E-state index in [0.29, 0.717) is 35.5 Å². The SMILES string of the molecule is COc1ccc(N2C[C@@H](C(=O)Nc3ccc(OCc4nnc(-c5ccccc5)o4)cc3)CC2=O)cc1. The highest BCUT2D eigenvalue weighted by atomic mass is 16.5. The lowest BCUT2D eigenvalue weighted by Gasteiger charge is -2.17. The Morgan fingerprint density at radius 1 is 1.00 bits per heavy atom. The molecule has 1 fully saturated rings. The number of hydrogen-bond acceptors (Lipinski definition) is 7. The zero-order valence-electron chi connectivity index (χ0n) is 19.6. The molecule has 3 aromatic carbocycles. The van der Waals surface area contributed by atoms with E-state index in [-0.39, 0.29) is 24.8 Å². The fourth-order valence-corrected chi connectivity index (χ4v) is 3.93. The van der Waals surface area contributed by atoms with Gasteiger partial charge in [0.25, 0.3) is 5.89 Å². The lowest BCUT2D eigenvalue weighted by Crippen LogP contribution is -2.28. The van der Waals surface area contributed by atoms with Crippen molar-refractivity contribution in [3.63, 3.8) is 0 Å². The molecule has 0 bridgehead atoms. The van der Waals surface area contributed by atoms with Crippen LogP contribution in [0.2, 0.25) is 0 Å². The first-order valence-corrected chi connectivity index (χ1v) is 11.4. The van der Waals surface area contributed by atoms with Crippen LogP contribution in [0.5, 0.6) is 11.5 Å². The third-order valence-corrected chi connectivity index (χ3v) is 5.85. The Hall–Kier alpha value is -4.66. The molecular formula is C27H24N4O5. The van der Waals surface area contributed by atoms with Gasteiger partial charge < -0.3 is 24.1 Å². The Bertz CT molecular complexity index is 1340. The molecule has 5 rings (SSSR count). The van der Waals surface area contributed by atoms with E-state index in [1.54, 1.807) is 48.4 Å². The molecule has 36 heavy (non-hydrogen) atoms. The van der Waals surface area contributed by atoms with Crippen molar-refractivity contribution in [2.24, 2.45) is 5.92 Å². The van der Waals surface area contributed by atoms with Crippen LogP contribution in [0.15, 0.2) is 83.3 Å². The van der Waals surface area contributed by atoms with Crippen LogP contribution in [-0.2, 0) is 16.2 Å². The molecule has 2 heterocycles. The fourth-order valence-electron chi connectivity index (χ4n) is 3.93. The van der Waals surface area contributed by atoms with Gasteiger partial charge in [0.1, 0.15) is 11.5 Å². The molecular weight excluding hydrogens is 460 g/mol. The highest BCUT2D eigenvalue weighted by molar-refractivity contribution is 6.03. The molecule has 1 saturated heterocycles. The van der Waals surface area contributed by atoms with E-state index >= 15 is 0 Å². The predicted molar refractivity (Wildman–Crippen MR) is 133 cm³/mol. The van der Waals surface area contributed by atoms with E-state index in [1.165, 1.54) is 0 Å². The van der Waals surface area contributed by atoms with Crippen molar-refractivity contribution < 1.29 is 23.5 Å². The van der Waals surface area contributed by atoms with E-state index in [0.717, 1.165) is 11.3 Å². The highest BCUT2D eigenvalue weighted by Crippen LogP contribution is 2.28. The third kappa shape index (κ3) is 5.20. The molecule has 1 N–H and O–H groups in total. The average Bonchev–Trinajstić information content (AvgIpc) is 3.56. The summed E-state index contributed by atoms with van der Waals surface area (Å²) in [5, 5.41) is 10.9. The summed E-state index contributed by atoms with van der Waals surface area (Å²) in [5.41, 5.74) is 2.20. The Morgan fingerprint density at radius 2 is 1.72 bits per heavy atom. The van der Waals surface area contributed by atoms with Crippen LogP contribution < -0.4 is 19.7 Å². The number of aromatic nitrogens is 2. The second-order valence-corrected chi connectivity index (χ2v) is 8.27. The molecule has 4 aromatic rings. The van der Waals surface area contributed by atoms with Gasteiger partial charge >= 0.3 is 0 Å². The molecule has 9 nitrogen and oxygen atoms in total. The van der Waals surface area contributed by atoms with Crippen molar-refractivity contribution in [3.05, 3.63) is 84.8 Å². The number of carbonyl (C=O) groups is 2. The summed E-state index contributed by atoms with van der Waals surface area (Å²) in [6.07, 6.45) is 0.161. The van der Waals surface area contributed by atoms with Crippen molar-refractivity contribution in [2.45, 2.75) is 13.0 Å². The zero-order chi connectivity index (χ0) is 24.9. The van der Waals surface area contributed by atoms with Crippen LogP contribution in [0, 0.1) is 5.92 Å². The summed E-state index contributed by atoms with van der Waals surface area (Å²) in [7, 11) is 1.59. The first-order chi connectivity index (χ1) is 17.6. The van der Waals surface area contributed by atoms with Crippen LogP contribution in [0.25, 0.3) is 11.5 Å². The molecule has 1 aromatic heterocycles. The summed E-state index contributed by atoms with van der Waals surface area (Å²) in [4.78, 5) is 26.9. The number of anilines is 2. The summed E-state index contributed by atoms with van der Waals surface area (Å²) < 4.78 is 16.5. The summed E-state index contributed by atoms with van der Waals surface area (Å²) in [5.74, 6) is 1.37. The molecule has 9 heteroatoms. The van der Waals surface area contributed by atoms with E-state index in [2.05, 4.69) is 15.5 Å². The molecule has 0 radical (unpaired) electrons. The summed E-state index contributed by atoms with van der Waals surface area (Å²) >= 11 is 0. The number of hydrogen-bond donors (Lipinski definition) is 1. The normalized spacial score (nSPS) is 15.1. The van der Waals surface area contributed by atoms with Crippen molar-refractivity contribution in [1.29, 1.82) is 0 Å². The van der Waals surface area contributed by atoms with Crippen molar-refractivity contribution >= 4 is 23.2 Å².